The zero-order chi connectivity index (χ0) is 10.2. The first-order chi connectivity index (χ1) is 6.86. The maximum atomic E-state index is 3.62. The Labute approximate surface area is 97.2 Å². The largest absolute Gasteiger partial charge is 0.315 e. The van der Waals surface area contributed by atoms with Gasteiger partial charge in [-0.15, -0.1) is 0 Å². The molecule has 0 aromatic heterocycles. The van der Waals surface area contributed by atoms with Crippen molar-refractivity contribution >= 4 is 23.5 Å². The first-order valence-electron chi connectivity index (χ1n) is 5.76. The van der Waals surface area contributed by atoms with Crippen LogP contribution in [0.5, 0.6) is 0 Å². The molecule has 1 saturated heterocycles. The monoisotopic (exact) mass is 233 g/mol. The smallest absolute Gasteiger partial charge is 0.0263 e. The second-order valence-electron chi connectivity index (χ2n) is 3.91. The van der Waals surface area contributed by atoms with Gasteiger partial charge in [-0.2, -0.15) is 23.5 Å². The number of hydrogen-bond donors (Lipinski definition) is 1. The third-order valence-electron chi connectivity index (χ3n) is 2.84. The van der Waals surface area contributed by atoms with Crippen LogP contribution in [0.25, 0.3) is 0 Å². The molecule has 1 aliphatic heterocycles. The van der Waals surface area contributed by atoms with Crippen molar-refractivity contribution in [2.45, 2.75) is 31.9 Å². The number of nitrogens with one attached hydrogen (secondary N) is 1. The Morgan fingerprint density at radius 3 is 2.64 bits per heavy atom. The van der Waals surface area contributed by atoms with Gasteiger partial charge in [-0.05, 0) is 12.5 Å². The molecule has 1 rings (SSSR count). The van der Waals surface area contributed by atoms with Crippen molar-refractivity contribution in [2.75, 3.05) is 30.3 Å². The fourth-order valence-electron chi connectivity index (χ4n) is 1.68. The molecule has 3 heteroatoms. The van der Waals surface area contributed by atoms with E-state index in [-0.39, 0.29) is 0 Å². The lowest BCUT2D eigenvalue weighted by Gasteiger charge is -2.22. The van der Waals surface area contributed by atoms with E-state index < -0.39 is 0 Å². The lowest BCUT2D eigenvalue weighted by Crippen LogP contribution is -2.32. The molecule has 0 amide bonds. The van der Waals surface area contributed by atoms with Crippen LogP contribution in [0.1, 0.15) is 26.7 Å². The van der Waals surface area contributed by atoms with E-state index in [1.807, 2.05) is 0 Å². The molecule has 0 aliphatic carbocycles. The molecular weight excluding hydrogens is 210 g/mol. The summed E-state index contributed by atoms with van der Waals surface area (Å²) in [6, 6.07) is 0. The van der Waals surface area contributed by atoms with E-state index in [0.29, 0.717) is 0 Å². The molecule has 1 atom stereocenters. The van der Waals surface area contributed by atoms with Crippen LogP contribution in [-0.2, 0) is 0 Å². The van der Waals surface area contributed by atoms with Crippen molar-refractivity contribution in [3.05, 3.63) is 0 Å². The lowest BCUT2D eigenvalue weighted by atomic mass is 10.0. The molecule has 1 N–H and O–H groups in total. The molecule has 1 aliphatic rings. The summed E-state index contributed by atoms with van der Waals surface area (Å²) in [6.45, 7) is 7.02. The van der Waals surface area contributed by atoms with Crippen LogP contribution in [0.15, 0.2) is 0 Å². The summed E-state index contributed by atoms with van der Waals surface area (Å²) in [5, 5.41) is 4.49. The minimum atomic E-state index is 0.864. The molecule has 84 valence electrons. The molecule has 0 aromatic carbocycles. The highest BCUT2D eigenvalue weighted by Crippen LogP contribution is 2.23. The van der Waals surface area contributed by atoms with Gasteiger partial charge in [-0.25, -0.2) is 0 Å². The standard InChI is InChI=1S/C11H23NS2/c1-3-10(4-2)7-12-8-11-9-13-5-6-14-11/h10-12H,3-9H2,1-2H3. The van der Waals surface area contributed by atoms with E-state index in [1.165, 1.54) is 43.2 Å². The molecule has 0 aromatic rings. The summed E-state index contributed by atoms with van der Waals surface area (Å²) < 4.78 is 0. The van der Waals surface area contributed by atoms with Crippen LogP contribution in [0.3, 0.4) is 0 Å². The van der Waals surface area contributed by atoms with Crippen molar-refractivity contribution in [3.63, 3.8) is 0 Å². The first kappa shape index (κ1) is 12.7. The quantitative estimate of drug-likeness (QED) is 0.758. The van der Waals surface area contributed by atoms with E-state index >= 15 is 0 Å². The first-order valence-corrected chi connectivity index (χ1v) is 7.97. The van der Waals surface area contributed by atoms with E-state index in [4.69, 9.17) is 0 Å². The highest BCUT2D eigenvalue weighted by Gasteiger charge is 2.13. The molecule has 1 heterocycles. The summed E-state index contributed by atoms with van der Waals surface area (Å²) in [5.74, 6) is 4.94. The molecule has 14 heavy (non-hydrogen) atoms. The van der Waals surface area contributed by atoms with Gasteiger partial charge in [0.15, 0.2) is 0 Å². The van der Waals surface area contributed by atoms with Crippen LogP contribution in [0.4, 0.5) is 0 Å². The molecule has 0 bridgehead atoms. The Morgan fingerprint density at radius 2 is 2.07 bits per heavy atom. The van der Waals surface area contributed by atoms with Gasteiger partial charge in [-0.3, -0.25) is 0 Å². The molecule has 1 nitrogen and oxygen atoms in total. The number of rotatable bonds is 6. The Kier molecular flexibility index (Phi) is 7.17. The number of thioether (sulfide) groups is 2. The maximum absolute atomic E-state index is 3.62. The van der Waals surface area contributed by atoms with Crippen LogP contribution < -0.4 is 5.32 Å². The van der Waals surface area contributed by atoms with Crippen molar-refractivity contribution in [1.29, 1.82) is 0 Å². The fourth-order valence-corrected chi connectivity index (χ4v) is 4.33. The zero-order valence-corrected chi connectivity index (χ0v) is 11.1. The van der Waals surface area contributed by atoms with Crippen LogP contribution >= 0.6 is 23.5 Å². The lowest BCUT2D eigenvalue weighted by molar-refractivity contribution is 0.452. The summed E-state index contributed by atoms with van der Waals surface area (Å²) >= 11 is 4.26. The predicted octanol–water partition coefficient (Wildman–Crippen LogP) is 2.86. The maximum Gasteiger partial charge on any atom is 0.0263 e. The van der Waals surface area contributed by atoms with Gasteiger partial charge >= 0.3 is 0 Å². The minimum Gasteiger partial charge on any atom is -0.315 e. The SMILES string of the molecule is CCC(CC)CNCC1CSCCS1. The highest BCUT2D eigenvalue weighted by molar-refractivity contribution is 8.06. The average molecular weight is 233 g/mol. The van der Waals surface area contributed by atoms with Crippen LogP contribution in [-0.4, -0.2) is 35.6 Å². The fraction of sp³-hybridized carbons (Fsp3) is 1.00. The highest BCUT2D eigenvalue weighted by atomic mass is 32.2. The van der Waals surface area contributed by atoms with Gasteiger partial charge in [0.05, 0.1) is 0 Å². The molecule has 1 unspecified atom stereocenters. The van der Waals surface area contributed by atoms with Gasteiger partial charge < -0.3 is 5.32 Å². The van der Waals surface area contributed by atoms with Gasteiger partial charge in [0.25, 0.3) is 0 Å². The van der Waals surface area contributed by atoms with E-state index in [1.54, 1.807) is 0 Å². The van der Waals surface area contributed by atoms with Gasteiger partial charge in [0.1, 0.15) is 0 Å². The minimum absolute atomic E-state index is 0.864. The molecule has 0 saturated carbocycles. The second kappa shape index (κ2) is 7.89. The number of hydrogen-bond acceptors (Lipinski definition) is 3. The molecule has 0 radical (unpaired) electrons. The van der Waals surface area contributed by atoms with Crippen molar-refractivity contribution < 1.29 is 0 Å². The summed E-state index contributed by atoms with van der Waals surface area (Å²) in [7, 11) is 0. The van der Waals surface area contributed by atoms with Gasteiger partial charge in [0.2, 0.25) is 0 Å². The summed E-state index contributed by atoms with van der Waals surface area (Å²) in [5.41, 5.74) is 0. The normalized spacial score (nSPS) is 22.9. The molecule has 0 spiro atoms. The van der Waals surface area contributed by atoms with Crippen molar-refractivity contribution in [3.8, 4) is 0 Å². The van der Waals surface area contributed by atoms with E-state index in [0.717, 1.165) is 11.2 Å². The topological polar surface area (TPSA) is 12.0 Å². The van der Waals surface area contributed by atoms with Crippen molar-refractivity contribution in [2.24, 2.45) is 5.92 Å². The summed E-state index contributed by atoms with van der Waals surface area (Å²) in [4.78, 5) is 0. The van der Waals surface area contributed by atoms with Gasteiger partial charge in [0, 0.05) is 29.1 Å². The van der Waals surface area contributed by atoms with Gasteiger partial charge in [-0.1, -0.05) is 26.7 Å². The second-order valence-corrected chi connectivity index (χ2v) is 6.47. The zero-order valence-electron chi connectivity index (χ0n) is 9.42. The van der Waals surface area contributed by atoms with Crippen molar-refractivity contribution in [1.82, 2.24) is 5.32 Å². The Bertz CT molecular complexity index is 131. The molecule has 1 fully saturated rings. The molecular formula is C11H23NS2. The van der Waals surface area contributed by atoms with Crippen LogP contribution in [0.2, 0.25) is 0 Å². The predicted molar refractivity (Wildman–Crippen MR) is 70.5 cm³/mol. The average Bonchev–Trinajstić information content (AvgIpc) is 2.26. The Morgan fingerprint density at radius 1 is 1.29 bits per heavy atom. The van der Waals surface area contributed by atoms with E-state index in [9.17, 15) is 0 Å². The third kappa shape index (κ3) is 4.94. The van der Waals surface area contributed by atoms with E-state index in [2.05, 4.69) is 42.7 Å². The van der Waals surface area contributed by atoms with Crippen LogP contribution in [0, 0.1) is 5.92 Å². The Hall–Kier alpha value is 0.660. The summed E-state index contributed by atoms with van der Waals surface area (Å²) in [6.07, 6.45) is 2.63. The third-order valence-corrected chi connectivity index (χ3v) is 5.69. The Balaban J connectivity index is 2.01.